The van der Waals surface area contributed by atoms with E-state index in [0.717, 1.165) is 43.1 Å². The second kappa shape index (κ2) is 7.58. The third-order valence-electron chi connectivity index (χ3n) is 5.15. The van der Waals surface area contributed by atoms with Crippen LogP contribution in [-0.2, 0) is 19.5 Å². The van der Waals surface area contributed by atoms with Gasteiger partial charge in [0.25, 0.3) is 5.91 Å². The molecule has 1 aliphatic rings. The second-order valence-corrected chi connectivity index (χ2v) is 8.97. The number of thiophene rings is 2. The van der Waals surface area contributed by atoms with Crippen molar-refractivity contribution in [3.8, 4) is 0 Å². The SMILES string of the molecule is Cc1noc(C)c1CN1CCc2c(C(=O)N[C@H](C)c3cccs3)csc2C1. The Bertz CT molecular complexity index is 923. The van der Waals surface area contributed by atoms with Crippen molar-refractivity contribution in [2.75, 3.05) is 6.54 Å². The van der Waals surface area contributed by atoms with Gasteiger partial charge in [-0.15, -0.1) is 22.7 Å². The van der Waals surface area contributed by atoms with Crippen molar-refractivity contribution in [3.05, 3.63) is 60.8 Å². The van der Waals surface area contributed by atoms with E-state index >= 15 is 0 Å². The van der Waals surface area contributed by atoms with Crippen molar-refractivity contribution in [2.45, 2.75) is 46.3 Å². The maximum Gasteiger partial charge on any atom is 0.252 e. The summed E-state index contributed by atoms with van der Waals surface area (Å²) in [6.07, 6.45) is 0.901. The first-order valence-corrected chi connectivity index (χ1v) is 10.9. The average molecular weight is 402 g/mol. The molecular formula is C20H23N3O2S2. The average Bonchev–Trinajstić information content (AvgIpc) is 3.38. The summed E-state index contributed by atoms with van der Waals surface area (Å²) in [7, 11) is 0. The lowest BCUT2D eigenvalue weighted by Crippen LogP contribution is -2.31. The molecule has 3 aromatic rings. The Morgan fingerprint density at radius 3 is 2.96 bits per heavy atom. The third kappa shape index (κ3) is 3.72. The van der Waals surface area contributed by atoms with E-state index in [-0.39, 0.29) is 11.9 Å². The number of aryl methyl sites for hydroxylation is 2. The molecule has 1 amide bonds. The van der Waals surface area contributed by atoms with Crippen molar-refractivity contribution in [1.82, 2.24) is 15.4 Å². The molecule has 0 saturated heterocycles. The molecule has 0 fully saturated rings. The van der Waals surface area contributed by atoms with E-state index in [1.165, 1.54) is 20.9 Å². The van der Waals surface area contributed by atoms with Crippen LogP contribution in [0.3, 0.4) is 0 Å². The van der Waals surface area contributed by atoms with E-state index in [4.69, 9.17) is 4.52 Å². The van der Waals surface area contributed by atoms with Gasteiger partial charge in [0.1, 0.15) is 5.76 Å². The van der Waals surface area contributed by atoms with Gasteiger partial charge in [0, 0.05) is 40.3 Å². The van der Waals surface area contributed by atoms with Gasteiger partial charge in [-0.1, -0.05) is 11.2 Å². The fourth-order valence-corrected chi connectivity index (χ4v) is 5.40. The number of carbonyl (C=O) groups is 1. The number of hydrogen-bond donors (Lipinski definition) is 1. The van der Waals surface area contributed by atoms with Crippen molar-refractivity contribution in [1.29, 1.82) is 0 Å². The van der Waals surface area contributed by atoms with Gasteiger partial charge in [-0.2, -0.15) is 0 Å². The quantitative estimate of drug-likeness (QED) is 0.686. The van der Waals surface area contributed by atoms with Crippen molar-refractivity contribution in [3.63, 3.8) is 0 Å². The Morgan fingerprint density at radius 1 is 1.41 bits per heavy atom. The van der Waals surface area contributed by atoms with Crippen LogP contribution in [0.2, 0.25) is 0 Å². The zero-order chi connectivity index (χ0) is 19.0. The number of aromatic nitrogens is 1. The molecule has 0 aliphatic carbocycles. The first-order valence-electron chi connectivity index (χ1n) is 9.10. The highest BCUT2D eigenvalue weighted by molar-refractivity contribution is 7.10. The molecule has 0 unspecified atom stereocenters. The lowest BCUT2D eigenvalue weighted by molar-refractivity contribution is 0.0939. The fraction of sp³-hybridized carbons (Fsp3) is 0.400. The minimum atomic E-state index is 0.0348. The summed E-state index contributed by atoms with van der Waals surface area (Å²) in [5.74, 6) is 0.930. The van der Waals surface area contributed by atoms with Crippen LogP contribution in [0.25, 0.3) is 0 Å². The summed E-state index contributed by atoms with van der Waals surface area (Å²) in [5.41, 5.74) is 4.20. The first kappa shape index (κ1) is 18.4. The molecule has 0 saturated carbocycles. The number of hydrogen-bond acceptors (Lipinski definition) is 6. The molecule has 27 heavy (non-hydrogen) atoms. The fourth-order valence-electron chi connectivity index (χ4n) is 3.54. The molecule has 7 heteroatoms. The molecule has 0 bridgehead atoms. The first-order chi connectivity index (χ1) is 13.0. The van der Waals surface area contributed by atoms with Gasteiger partial charge in [-0.25, -0.2) is 0 Å². The van der Waals surface area contributed by atoms with Crippen LogP contribution in [0.1, 0.15) is 55.7 Å². The zero-order valence-corrected chi connectivity index (χ0v) is 17.4. The third-order valence-corrected chi connectivity index (χ3v) is 7.22. The molecule has 1 N–H and O–H groups in total. The summed E-state index contributed by atoms with van der Waals surface area (Å²) in [6, 6.07) is 4.11. The van der Waals surface area contributed by atoms with Gasteiger partial charge in [-0.05, 0) is 44.2 Å². The molecule has 0 spiro atoms. The van der Waals surface area contributed by atoms with Gasteiger partial charge < -0.3 is 9.84 Å². The van der Waals surface area contributed by atoms with Gasteiger partial charge in [0.2, 0.25) is 0 Å². The molecule has 4 rings (SSSR count). The highest BCUT2D eigenvalue weighted by Gasteiger charge is 2.25. The molecule has 142 valence electrons. The van der Waals surface area contributed by atoms with Crippen LogP contribution in [-0.4, -0.2) is 22.5 Å². The maximum absolute atomic E-state index is 12.8. The lowest BCUT2D eigenvalue weighted by atomic mass is 10.0. The predicted octanol–water partition coefficient (Wildman–Crippen LogP) is 4.46. The Labute approximate surface area is 167 Å². The number of nitrogens with zero attached hydrogens (tertiary/aromatic N) is 2. The molecular weight excluding hydrogens is 378 g/mol. The standard InChI is InChI=1S/C20H23N3O2S2/c1-12-16(14(3)25-22-12)9-23-7-6-15-17(11-27-19(15)10-23)20(24)21-13(2)18-5-4-8-26-18/h4-5,8,11,13H,6-7,9-10H2,1-3H3,(H,21,24)/t13-/m1/s1. The Hall–Kier alpha value is -1.96. The van der Waals surface area contributed by atoms with E-state index in [2.05, 4.69) is 21.4 Å². The molecule has 1 atom stereocenters. The van der Waals surface area contributed by atoms with Crippen molar-refractivity contribution < 1.29 is 9.32 Å². The van der Waals surface area contributed by atoms with Gasteiger partial charge in [0.15, 0.2) is 0 Å². The predicted molar refractivity (Wildman–Crippen MR) is 108 cm³/mol. The maximum atomic E-state index is 12.8. The zero-order valence-electron chi connectivity index (χ0n) is 15.7. The highest BCUT2D eigenvalue weighted by atomic mass is 32.1. The van der Waals surface area contributed by atoms with Crippen LogP contribution in [0.15, 0.2) is 27.4 Å². The topological polar surface area (TPSA) is 58.4 Å². The van der Waals surface area contributed by atoms with Crippen molar-refractivity contribution in [2.24, 2.45) is 0 Å². The summed E-state index contributed by atoms with van der Waals surface area (Å²) >= 11 is 3.36. The van der Waals surface area contributed by atoms with Crippen LogP contribution >= 0.6 is 22.7 Å². The molecule has 4 heterocycles. The van der Waals surface area contributed by atoms with E-state index < -0.39 is 0 Å². The van der Waals surface area contributed by atoms with E-state index in [1.54, 1.807) is 22.7 Å². The van der Waals surface area contributed by atoms with Gasteiger partial charge in [-0.3, -0.25) is 9.69 Å². The Morgan fingerprint density at radius 2 is 2.26 bits per heavy atom. The smallest absolute Gasteiger partial charge is 0.252 e. The van der Waals surface area contributed by atoms with Crippen molar-refractivity contribution >= 4 is 28.6 Å². The van der Waals surface area contributed by atoms with Gasteiger partial charge in [0.05, 0.1) is 17.3 Å². The van der Waals surface area contributed by atoms with E-state index in [9.17, 15) is 4.79 Å². The summed E-state index contributed by atoms with van der Waals surface area (Å²) < 4.78 is 5.28. The summed E-state index contributed by atoms with van der Waals surface area (Å²) in [6.45, 7) is 8.65. The van der Waals surface area contributed by atoms with Gasteiger partial charge >= 0.3 is 0 Å². The van der Waals surface area contributed by atoms with Crippen LogP contribution in [0, 0.1) is 13.8 Å². The highest BCUT2D eigenvalue weighted by Crippen LogP contribution is 2.30. The summed E-state index contributed by atoms with van der Waals surface area (Å²) in [4.78, 5) is 17.7. The van der Waals surface area contributed by atoms with Crippen LogP contribution in [0.4, 0.5) is 0 Å². The molecule has 3 aromatic heterocycles. The minimum Gasteiger partial charge on any atom is -0.361 e. The Balaban J connectivity index is 1.44. The van der Waals surface area contributed by atoms with E-state index in [1.807, 2.05) is 37.6 Å². The largest absolute Gasteiger partial charge is 0.361 e. The normalized spacial score (nSPS) is 15.5. The molecule has 0 aromatic carbocycles. The lowest BCUT2D eigenvalue weighted by Gasteiger charge is -2.27. The number of nitrogens with one attached hydrogen (secondary N) is 1. The molecule has 1 aliphatic heterocycles. The number of rotatable bonds is 5. The van der Waals surface area contributed by atoms with Crippen LogP contribution < -0.4 is 5.32 Å². The molecule has 5 nitrogen and oxygen atoms in total. The number of amides is 1. The number of fused-ring (bicyclic) bond motifs is 1. The monoisotopic (exact) mass is 401 g/mol. The second-order valence-electron chi connectivity index (χ2n) is 7.03. The molecule has 0 radical (unpaired) electrons. The minimum absolute atomic E-state index is 0.0348. The summed E-state index contributed by atoms with van der Waals surface area (Å²) in [5, 5.41) is 11.2. The number of carbonyl (C=O) groups excluding carboxylic acids is 1. The van der Waals surface area contributed by atoms with Crippen LogP contribution in [0.5, 0.6) is 0 Å². The van der Waals surface area contributed by atoms with E-state index in [0.29, 0.717) is 0 Å². The Kier molecular flexibility index (Phi) is 5.16.